The standard InChI is InChI=1S/C14H25NO2/c1-2-8-14(9-4-10-15-14)13(16)17-11-7-12-5-3-6-12/h12,15H,2-11H2,1H3. The number of carbonyl (C=O) groups is 1. The Hall–Kier alpha value is -0.570. The van der Waals surface area contributed by atoms with Crippen molar-refractivity contribution in [3.8, 4) is 0 Å². The van der Waals surface area contributed by atoms with E-state index in [1.165, 1.54) is 19.3 Å². The van der Waals surface area contributed by atoms with Crippen LogP contribution in [0.15, 0.2) is 0 Å². The van der Waals surface area contributed by atoms with Gasteiger partial charge in [-0.3, -0.25) is 4.79 Å². The maximum Gasteiger partial charge on any atom is 0.326 e. The molecule has 0 radical (unpaired) electrons. The van der Waals surface area contributed by atoms with E-state index in [-0.39, 0.29) is 11.5 Å². The zero-order valence-corrected chi connectivity index (χ0v) is 11.0. The van der Waals surface area contributed by atoms with Gasteiger partial charge in [-0.2, -0.15) is 0 Å². The third-order valence-electron chi connectivity index (χ3n) is 4.30. The fraction of sp³-hybridized carbons (Fsp3) is 0.929. The topological polar surface area (TPSA) is 38.3 Å². The molecule has 0 aromatic rings. The lowest BCUT2D eigenvalue weighted by molar-refractivity contribution is -0.152. The number of rotatable bonds is 6. The maximum atomic E-state index is 12.2. The average molecular weight is 239 g/mol. The highest BCUT2D eigenvalue weighted by Crippen LogP contribution is 2.30. The normalized spacial score (nSPS) is 29.0. The zero-order valence-electron chi connectivity index (χ0n) is 11.0. The van der Waals surface area contributed by atoms with Gasteiger partial charge in [-0.25, -0.2) is 0 Å². The largest absolute Gasteiger partial charge is 0.464 e. The predicted molar refractivity (Wildman–Crippen MR) is 67.8 cm³/mol. The molecule has 1 aliphatic heterocycles. The minimum absolute atomic E-state index is 0.00354. The van der Waals surface area contributed by atoms with Crippen molar-refractivity contribution in [2.45, 2.75) is 63.8 Å². The molecule has 1 heterocycles. The van der Waals surface area contributed by atoms with Gasteiger partial charge in [0, 0.05) is 0 Å². The molecule has 1 unspecified atom stereocenters. The van der Waals surface area contributed by atoms with Crippen molar-refractivity contribution in [1.82, 2.24) is 5.32 Å². The van der Waals surface area contributed by atoms with E-state index in [2.05, 4.69) is 12.2 Å². The average Bonchev–Trinajstić information content (AvgIpc) is 2.72. The summed E-state index contributed by atoms with van der Waals surface area (Å²) in [5.74, 6) is 0.817. The molecule has 3 nitrogen and oxygen atoms in total. The molecular weight excluding hydrogens is 214 g/mol. The Morgan fingerprint density at radius 2 is 2.24 bits per heavy atom. The maximum absolute atomic E-state index is 12.2. The summed E-state index contributed by atoms with van der Waals surface area (Å²) in [7, 11) is 0. The molecule has 0 bridgehead atoms. The number of carbonyl (C=O) groups excluding carboxylic acids is 1. The monoisotopic (exact) mass is 239 g/mol. The molecule has 0 aromatic heterocycles. The van der Waals surface area contributed by atoms with Gasteiger partial charge in [0.2, 0.25) is 0 Å². The molecular formula is C14H25NO2. The molecule has 2 fully saturated rings. The molecule has 1 aliphatic carbocycles. The van der Waals surface area contributed by atoms with E-state index in [0.29, 0.717) is 6.61 Å². The van der Waals surface area contributed by atoms with Crippen molar-refractivity contribution >= 4 is 5.97 Å². The Labute approximate surface area is 104 Å². The van der Waals surface area contributed by atoms with Gasteiger partial charge in [0.25, 0.3) is 0 Å². The van der Waals surface area contributed by atoms with Crippen molar-refractivity contribution in [2.24, 2.45) is 5.92 Å². The minimum atomic E-state index is -0.353. The first-order valence-electron chi connectivity index (χ1n) is 7.19. The number of hydrogen-bond acceptors (Lipinski definition) is 3. The molecule has 0 aromatic carbocycles. The summed E-state index contributed by atoms with van der Waals surface area (Å²) < 4.78 is 5.49. The van der Waals surface area contributed by atoms with Gasteiger partial charge in [0.1, 0.15) is 5.54 Å². The van der Waals surface area contributed by atoms with Crippen molar-refractivity contribution in [3.63, 3.8) is 0 Å². The SMILES string of the molecule is CCCC1(C(=O)OCCC2CCC2)CCCN1. The van der Waals surface area contributed by atoms with Crippen molar-refractivity contribution in [1.29, 1.82) is 0 Å². The molecule has 3 heteroatoms. The molecule has 0 amide bonds. The molecule has 1 N–H and O–H groups in total. The van der Waals surface area contributed by atoms with Gasteiger partial charge in [-0.15, -0.1) is 0 Å². The van der Waals surface area contributed by atoms with Gasteiger partial charge < -0.3 is 10.1 Å². The Balaban J connectivity index is 1.75. The van der Waals surface area contributed by atoms with Crippen LogP contribution in [-0.4, -0.2) is 24.7 Å². The minimum Gasteiger partial charge on any atom is -0.464 e. The number of hydrogen-bond donors (Lipinski definition) is 1. The van der Waals surface area contributed by atoms with Crippen LogP contribution in [0.3, 0.4) is 0 Å². The zero-order chi connectivity index (χ0) is 12.1. The van der Waals surface area contributed by atoms with Crippen LogP contribution >= 0.6 is 0 Å². The fourth-order valence-corrected chi connectivity index (χ4v) is 2.96. The van der Waals surface area contributed by atoms with Gasteiger partial charge in [0.15, 0.2) is 0 Å². The number of esters is 1. The highest BCUT2D eigenvalue weighted by molar-refractivity contribution is 5.81. The molecule has 98 valence electrons. The second-order valence-corrected chi connectivity index (χ2v) is 5.58. The van der Waals surface area contributed by atoms with Gasteiger partial charge >= 0.3 is 5.97 Å². The van der Waals surface area contributed by atoms with E-state index in [9.17, 15) is 4.79 Å². The summed E-state index contributed by atoms with van der Waals surface area (Å²) in [6, 6.07) is 0. The third-order valence-corrected chi connectivity index (χ3v) is 4.30. The Kier molecular flexibility index (Phi) is 4.43. The van der Waals surface area contributed by atoms with Crippen molar-refractivity contribution in [3.05, 3.63) is 0 Å². The summed E-state index contributed by atoms with van der Waals surface area (Å²) in [6.45, 7) is 3.71. The Morgan fingerprint density at radius 1 is 1.41 bits per heavy atom. The molecule has 1 atom stereocenters. The van der Waals surface area contributed by atoms with Crippen LogP contribution in [0.1, 0.15) is 58.3 Å². The summed E-state index contributed by atoms with van der Waals surface area (Å²) in [4.78, 5) is 12.2. The fourth-order valence-electron chi connectivity index (χ4n) is 2.96. The lowest BCUT2D eigenvalue weighted by Crippen LogP contribution is -2.48. The first kappa shape index (κ1) is 12.9. The van der Waals surface area contributed by atoms with Crippen LogP contribution < -0.4 is 5.32 Å². The smallest absolute Gasteiger partial charge is 0.326 e. The third kappa shape index (κ3) is 3.01. The summed E-state index contributed by atoms with van der Waals surface area (Å²) in [5.41, 5.74) is -0.353. The van der Waals surface area contributed by atoms with Gasteiger partial charge in [-0.05, 0) is 38.1 Å². The van der Waals surface area contributed by atoms with Gasteiger partial charge in [-0.1, -0.05) is 32.6 Å². The van der Waals surface area contributed by atoms with Crippen molar-refractivity contribution in [2.75, 3.05) is 13.2 Å². The van der Waals surface area contributed by atoms with E-state index in [1.807, 2.05) is 0 Å². The molecule has 17 heavy (non-hydrogen) atoms. The van der Waals surface area contributed by atoms with Crippen LogP contribution in [0.4, 0.5) is 0 Å². The van der Waals surface area contributed by atoms with Crippen LogP contribution in [0, 0.1) is 5.92 Å². The first-order chi connectivity index (χ1) is 8.27. The van der Waals surface area contributed by atoms with Crippen LogP contribution in [-0.2, 0) is 9.53 Å². The second-order valence-electron chi connectivity index (χ2n) is 5.58. The van der Waals surface area contributed by atoms with Crippen LogP contribution in [0.25, 0.3) is 0 Å². The van der Waals surface area contributed by atoms with Crippen molar-refractivity contribution < 1.29 is 9.53 Å². The first-order valence-corrected chi connectivity index (χ1v) is 7.19. The van der Waals surface area contributed by atoms with E-state index in [1.54, 1.807) is 0 Å². The van der Waals surface area contributed by atoms with Gasteiger partial charge in [0.05, 0.1) is 6.61 Å². The van der Waals surface area contributed by atoms with E-state index >= 15 is 0 Å². The summed E-state index contributed by atoms with van der Waals surface area (Å²) in [6.07, 6.45) is 9.07. The lowest BCUT2D eigenvalue weighted by Gasteiger charge is -2.28. The Morgan fingerprint density at radius 3 is 2.76 bits per heavy atom. The van der Waals surface area contributed by atoms with E-state index < -0.39 is 0 Å². The highest BCUT2D eigenvalue weighted by Gasteiger charge is 2.41. The van der Waals surface area contributed by atoms with Crippen LogP contribution in [0.5, 0.6) is 0 Å². The highest BCUT2D eigenvalue weighted by atomic mass is 16.5. The number of ether oxygens (including phenoxy) is 1. The quantitative estimate of drug-likeness (QED) is 0.724. The van der Waals surface area contributed by atoms with Crippen LogP contribution in [0.2, 0.25) is 0 Å². The van der Waals surface area contributed by atoms with E-state index in [0.717, 1.165) is 44.6 Å². The van der Waals surface area contributed by atoms with E-state index in [4.69, 9.17) is 4.74 Å². The lowest BCUT2D eigenvalue weighted by atomic mass is 9.83. The number of nitrogens with one attached hydrogen (secondary N) is 1. The molecule has 2 rings (SSSR count). The molecule has 1 saturated heterocycles. The molecule has 0 spiro atoms. The molecule has 2 aliphatic rings. The summed E-state index contributed by atoms with van der Waals surface area (Å²) >= 11 is 0. The predicted octanol–water partition coefficient (Wildman–Crippen LogP) is 2.64. The summed E-state index contributed by atoms with van der Waals surface area (Å²) in [5, 5.41) is 3.36. The Bertz CT molecular complexity index is 255. The second kappa shape index (κ2) is 5.85. The molecule has 1 saturated carbocycles.